The lowest BCUT2D eigenvalue weighted by molar-refractivity contribution is -0.133. The average molecular weight is 299 g/mol. The number of nitrogens with zero attached hydrogens (tertiary/aromatic N) is 1. The highest BCUT2D eigenvalue weighted by Gasteiger charge is 2.30. The smallest absolute Gasteiger partial charge is 0.326 e. The standard InChI is InChI=1S/C11H11BrN2O3/c12-8-3-1-7(2-4-8)6-14-10(16)5-9(15)13-11(14)17/h1-4,9,15H,5-6H2,(H,13,17). The van der Waals surface area contributed by atoms with Gasteiger partial charge in [0.2, 0.25) is 5.91 Å². The number of aliphatic hydroxyl groups excluding tert-OH is 1. The lowest BCUT2D eigenvalue weighted by Gasteiger charge is -2.28. The quantitative estimate of drug-likeness (QED) is 0.862. The molecule has 1 aromatic carbocycles. The van der Waals surface area contributed by atoms with Crippen LogP contribution in [0, 0.1) is 0 Å². The summed E-state index contributed by atoms with van der Waals surface area (Å²) in [6, 6.07) is 6.79. The van der Waals surface area contributed by atoms with E-state index in [0.717, 1.165) is 14.9 Å². The van der Waals surface area contributed by atoms with E-state index in [-0.39, 0.29) is 18.9 Å². The van der Waals surface area contributed by atoms with Gasteiger partial charge in [-0.1, -0.05) is 28.1 Å². The molecule has 1 aliphatic heterocycles. The van der Waals surface area contributed by atoms with Crippen molar-refractivity contribution >= 4 is 27.9 Å². The number of aliphatic hydroxyl groups is 1. The maximum absolute atomic E-state index is 11.6. The van der Waals surface area contributed by atoms with Crippen molar-refractivity contribution in [2.45, 2.75) is 19.2 Å². The van der Waals surface area contributed by atoms with E-state index in [0.29, 0.717) is 0 Å². The van der Waals surface area contributed by atoms with Crippen molar-refractivity contribution in [1.82, 2.24) is 10.2 Å². The summed E-state index contributed by atoms with van der Waals surface area (Å²) in [6.07, 6.45) is -1.15. The van der Waals surface area contributed by atoms with Gasteiger partial charge in [0.25, 0.3) is 0 Å². The number of benzene rings is 1. The summed E-state index contributed by atoms with van der Waals surface area (Å²) >= 11 is 3.31. The Balaban J connectivity index is 2.10. The molecule has 5 nitrogen and oxygen atoms in total. The predicted octanol–water partition coefficient (Wildman–Crippen LogP) is 1.21. The monoisotopic (exact) mass is 298 g/mol. The van der Waals surface area contributed by atoms with E-state index in [1.165, 1.54) is 0 Å². The highest BCUT2D eigenvalue weighted by atomic mass is 79.9. The van der Waals surface area contributed by atoms with Gasteiger partial charge in [-0.25, -0.2) is 4.79 Å². The zero-order chi connectivity index (χ0) is 12.4. The van der Waals surface area contributed by atoms with E-state index < -0.39 is 12.3 Å². The number of halogens is 1. The highest BCUT2D eigenvalue weighted by molar-refractivity contribution is 9.10. The first-order valence-electron chi connectivity index (χ1n) is 5.09. The summed E-state index contributed by atoms with van der Waals surface area (Å²) in [7, 11) is 0. The minimum absolute atomic E-state index is 0.0811. The molecule has 1 fully saturated rings. The van der Waals surface area contributed by atoms with E-state index >= 15 is 0 Å². The Hall–Kier alpha value is -1.40. The van der Waals surface area contributed by atoms with E-state index in [9.17, 15) is 14.7 Å². The van der Waals surface area contributed by atoms with E-state index in [1.807, 2.05) is 24.3 Å². The topological polar surface area (TPSA) is 69.6 Å². The molecule has 1 aromatic rings. The molecule has 90 valence electrons. The third-order valence-corrected chi connectivity index (χ3v) is 2.99. The molecule has 0 bridgehead atoms. The number of rotatable bonds is 2. The van der Waals surface area contributed by atoms with Crippen molar-refractivity contribution in [3.8, 4) is 0 Å². The minimum atomic E-state index is -1.07. The van der Waals surface area contributed by atoms with Crippen LogP contribution in [0.1, 0.15) is 12.0 Å². The van der Waals surface area contributed by atoms with Crippen LogP contribution in [0.4, 0.5) is 4.79 Å². The summed E-state index contributed by atoms with van der Waals surface area (Å²) in [5.41, 5.74) is 0.855. The molecule has 3 amide bonds. The average Bonchev–Trinajstić information content (AvgIpc) is 2.26. The van der Waals surface area contributed by atoms with Crippen LogP contribution in [-0.2, 0) is 11.3 Å². The Labute approximate surface area is 107 Å². The fourth-order valence-corrected chi connectivity index (χ4v) is 1.86. The van der Waals surface area contributed by atoms with Gasteiger partial charge in [0.1, 0.15) is 6.23 Å². The number of urea groups is 1. The van der Waals surface area contributed by atoms with Crippen LogP contribution >= 0.6 is 15.9 Å². The largest absolute Gasteiger partial charge is 0.373 e. The van der Waals surface area contributed by atoms with E-state index in [2.05, 4.69) is 21.2 Å². The number of hydrogen-bond donors (Lipinski definition) is 2. The first-order chi connectivity index (χ1) is 8.06. The van der Waals surface area contributed by atoms with Crippen molar-refractivity contribution in [2.75, 3.05) is 0 Å². The third kappa shape index (κ3) is 2.83. The predicted molar refractivity (Wildman–Crippen MR) is 63.8 cm³/mol. The van der Waals surface area contributed by atoms with Crippen LogP contribution in [0.3, 0.4) is 0 Å². The first kappa shape index (κ1) is 12.1. The lowest BCUT2D eigenvalue weighted by atomic mass is 10.2. The summed E-state index contributed by atoms with van der Waals surface area (Å²) in [5.74, 6) is -0.371. The van der Waals surface area contributed by atoms with Gasteiger partial charge in [0, 0.05) is 4.47 Å². The Morgan fingerprint density at radius 1 is 1.35 bits per heavy atom. The van der Waals surface area contributed by atoms with Crippen LogP contribution in [0.2, 0.25) is 0 Å². The van der Waals surface area contributed by atoms with Crippen LogP contribution in [-0.4, -0.2) is 28.2 Å². The third-order valence-electron chi connectivity index (χ3n) is 2.46. The molecular weight excluding hydrogens is 288 g/mol. The fourth-order valence-electron chi connectivity index (χ4n) is 1.59. The van der Waals surface area contributed by atoms with E-state index in [1.54, 1.807) is 0 Å². The van der Waals surface area contributed by atoms with Crippen molar-refractivity contribution in [1.29, 1.82) is 0 Å². The second-order valence-corrected chi connectivity index (χ2v) is 4.69. The number of nitrogens with one attached hydrogen (secondary N) is 1. The minimum Gasteiger partial charge on any atom is -0.373 e. The van der Waals surface area contributed by atoms with Gasteiger partial charge in [-0.05, 0) is 17.7 Å². The molecule has 0 aliphatic carbocycles. The Morgan fingerprint density at radius 3 is 2.59 bits per heavy atom. The van der Waals surface area contributed by atoms with Crippen molar-refractivity contribution in [2.24, 2.45) is 0 Å². The zero-order valence-electron chi connectivity index (χ0n) is 8.89. The van der Waals surface area contributed by atoms with Crippen molar-refractivity contribution < 1.29 is 14.7 Å². The SMILES string of the molecule is O=C1CC(O)NC(=O)N1Cc1ccc(Br)cc1. The molecule has 1 atom stereocenters. The molecule has 2 N–H and O–H groups in total. The van der Waals surface area contributed by atoms with Crippen LogP contribution in [0.25, 0.3) is 0 Å². The molecule has 2 rings (SSSR count). The molecule has 0 aromatic heterocycles. The van der Waals surface area contributed by atoms with Gasteiger partial charge in [-0.2, -0.15) is 0 Å². The fraction of sp³-hybridized carbons (Fsp3) is 0.273. The van der Waals surface area contributed by atoms with Gasteiger partial charge in [-0.15, -0.1) is 0 Å². The number of hydrogen-bond acceptors (Lipinski definition) is 3. The van der Waals surface area contributed by atoms with Crippen LogP contribution < -0.4 is 5.32 Å². The second-order valence-electron chi connectivity index (χ2n) is 3.78. The first-order valence-corrected chi connectivity index (χ1v) is 5.89. The van der Waals surface area contributed by atoms with Crippen LogP contribution in [0.15, 0.2) is 28.7 Å². The maximum Gasteiger partial charge on any atom is 0.326 e. The summed E-state index contributed by atoms with van der Waals surface area (Å²) in [5, 5.41) is 11.5. The van der Waals surface area contributed by atoms with E-state index in [4.69, 9.17) is 0 Å². The molecule has 1 saturated heterocycles. The molecule has 1 heterocycles. The molecular formula is C11H11BrN2O3. The summed E-state index contributed by atoms with van der Waals surface area (Å²) in [4.78, 5) is 24.2. The normalized spacial score (nSPS) is 20.4. The highest BCUT2D eigenvalue weighted by Crippen LogP contribution is 2.14. The lowest BCUT2D eigenvalue weighted by Crippen LogP contribution is -2.54. The molecule has 0 spiro atoms. The number of carbonyl (C=O) groups excluding carboxylic acids is 2. The van der Waals surface area contributed by atoms with Gasteiger partial charge in [0.05, 0.1) is 13.0 Å². The molecule has 0 saturated carbocycles. The zero-order valence-corrected chi connectivity index (χ0v) is 10.5. The molecule has 6 heteroatoms. The molecule has 17 heavy (non-hydrogen) atoms. The van der Waals surface area contributed by atoms with Gasteiger partial charge < -0.3 is 10.4 Å². The number of imide groups is 1. The molecule has 0 radical (unpaired) electrons. The maximum atomic E-state index is 11.6. The molecule has 1 unspecified atom stereocenters. The number of amides is 3. The van der Waals surface area contributed by atoms with Gasteiger partial charge in [0.15, 0.2) is 0 Å². The van der Waals surface area contributed by atoms with Crippen LogP contribution in [0.5, 0.6) is 0 Å². The second kappa shape index (κ2) is 4.85. The molecule has 1 aliphatic rings. The Morgan fingerprint density at radius 2 is 2.00 bits per heavy atom. The van der Waals surface area contributed by atoms with Crippen molar-refractivity contribution in [3.63, 3.8) is 0 Å². The van der Waals surface area contributed by atoms with Gasteiger partial charge >= 0.3 is 6.03 Å². The summed E-state index contributed by atoms with van der Waals surface area (Å²) < 4.78 is 0.936. The summed E-state index contributed by atoms with van der Waals surface area (Å²) in [6.45, 7) is 0.213. The van der Waals surface area contributed by atoms with Crippen molar-refractivity contribution in [3.05, 3.63) is 34.3 Å². The number of carbonyl (C=O) groups is 2. The van der Waals surface area contributed by atoms with Gasteiger partial charge in [-0.3, -0.25) is 9.69 Å². The Bertz CT molecular complexity index is 429. The Kier molecular flexibility index (Phi) is 3.44.